The molecular weight excluding hydrogens is 602 g/mol. The molecule has 5 aromatic rings. The molecule has 2 amide bonds. The van der Waals surface area contributed by atoms with Crippen LogP contribution in [0, 0.1) is 37.0 Å². The first-order valence-corrected chi connectivity index (χ1v) is 16.3. The quantitative estimate of drug-likeness (QED) is 0.109. The number of nitrogens with one attached hydrogen (secondary N) is 3. The van der Waals surface area contributed by atoms with E-state index in [1.807, 2.05) is 69.6 Å². The van der Waals surface area contributed by atoms with Crippen LogP contribution in [-0.4, -0.2) is 57.8 Å². The van der Waals surface area contributed by atoms with Crippen LogP contribution in [0.4, 0.5) is 16.6 Å². The summed E-state index contributed by atoms with van der Waals surface area (Å²) in [5.41, 5.74) is 7.48. The highest BCUT2D eigenvalue weighted by Gasteiger charge is 2.50. The van der Waals surface area contributed by atoms with Gasteiger partial charge in [0.15, 0.2) is 0 Å². The van der Waals surface area contributed by atoms with Crippen LogP contribution in [0.25, 0.3) is 22.4 Å². The molecular formula is C36H40N11O+. The molecule has 3 N–H and O–H groups in total. The molecule has 4 aromatic heterocycles. The van der Waals surface area contributed by atoms with Gasteiger partial charge in [-0.05, 0) is 44.7 Å². The van der Waals surface area contributed by atoms with Crippen molar-refractivity contribution in [2.45, 2.75) is 53.0 Å². The minimum absolute atomic E-state index is 0.180. The highest BCUT2D eigenvalue weighted by Crippen LogP contribution is 2.43. The predicted octanol–water partition coefficient (Wildman–Crippen LogP) is 6.08. The molecule has 12 heteroatoms. The highest BCUT2D eigenvalue weighted by atomic mass is 16.2. The van der Waals surface area contributed by atoms with Crippen molar-refractivity contribution >= 4 is 23.5 Å². The van der Waals surface area contributed by atoms with Gasteiger partial charge in [-0.15, -0.1) is 4.98 Å². The number of anilines is 1. The molecule has 0 radical (unpaired) electrons. The number of aryl methyl sites for hydroxylation is 3. The van der Waals surface area contributed by atoms with Crippen LogP contribution in [-0.2, 0) is 13.6 Å². The Kier molecular flexibility index (Phi) is 9.66. The average molecular weight is 643 g/mol. The number of amides is 2. The summed E-state index contributed by atoms with van der Waals surface area (Å²) in [6, 6.07) is 15.8. The maximum Gasteiger partial charge on any atom is 0.441 e. The van der Waals surface area contributed by atoms with E-state index >= 15 is 0 Å². The Bertz CT molecular complexity index is 1950. The van der Waals surface area contributed by atoms with Gasteiger partial charge in [0.05, 0.1) is 41.6 Å². The zero-order valence-corrected chi connectivity index (χ0v) is 27.7. The zero-order valence-electron chi connectivity index (χ0n) is 27.7. The van der Waals surface area contributed by atoms with Crippen molar-refractivity contribution in [1.29, 1.82) is 5.26 Å². The van der Waals surface area contributed by atoms with Crippen LogP contribution < -0.4 is 10.6 Å². The molecule has 0 bridgehead atoms. The summed E-state index contributed by atoms with van der Waals surface area (Å²) in [6.07, 6.45) is 10.9. The lowest BCUT2D eigenvalue weighted by Crippen LogP contribution is -2.32. The van der Waals surface area contributed by atoms with Gasteiger partial charge < -0.3 is 5.32 Å². The maximum absolute atomic E-state index is 13.9. The molecule has 244 valence electrons. The number of carbonyl (C=O) groups excluding carboxylic acids is 1. The average Bonchev–Trinajstić information content (AvgIpc) is 3.37. The van der Waals surface area contributed by atoms with Crippen LogP contribution in [0.15, 0.2) is 67.3 Å². The molecule has 1 aliphatic rings. The summed E-state index contributed by atoms with van der Waals surface area (Å²) < 4.78 is 3.55. The first kappa shape index (κ1) is 32.2. The van der Waals surface area contributed by atoms with Crippen molar-refractivity contribution in [3.05, 3.63) is 89.8 Å². The molecule has 1 aromatic carbocycles. The Labute approximate surface area is 280 Å². The fourth-order valence-electron chi connectivity index (χ4n) is 6.33. The van der Waals surface area contributed by atoms with E-state index < -0.39 is 0 Å². The number of H-pyrrole nitrogens is 1. The van der Waals surface area contributed by atoms with Gasteiger partial charge >= 0.3 is 6.03 Å². The molecule has 4 heterocycles. The molecule has 48 heavy (non-hydrogen) atoms. The lowest BCUT2D eigenvalue weighted by atomic mass is 10.1. The van der Waals surface area contributed by atoms with Crippen LogP contribution in [0.5, 0.6) is 0 Å². The number of aromatic nitrogens is 7. The first-order valence-electron chi connectivity index (χ1n) is 16.3. The first-order chi connectivity index (χ1) is 23.4. The number of nitriles is 1. The third-order valence-electron chi connectivity index (χ3n) is 8.75. The summed E-state index contributed by atoms with van der Waals surface area (Å²) in [5.74, 6) is 1.62. The smallest absolute Gasteiger partial charge is 0.354 e. The topological polar surface area (TPSA) is 153 Å². The predicted molar refractivity (Wildman–Crippen MR) is 183 cm³/mol. The number of carbonyl (C=O) groups is 1. The van der Waals surface area contributed by atoms with Crippen molar-refractivity contribution in [3.63, 3.8) is 0 Å². The van der Waals surface area contributed by atoms with Gasteiger partial charge in [-0.2, -0.15) is 20.0 Å². The van der Waals surface area contributed by atoms with Gasteiger partial charge in [-0.1, -0.05) is 43.7 Å². The van der Waals surface area contributed by atoms with Crippen molar-refractivity contribution in [3.8, 4) is 28.5 Å². The molecule has 1 fully saturated rings. The highest BCUT2D eigenvalue weighted by molar-refractivity contribution is 6.03. The van der Waals surface area contributed by atoms with Crippen molar-refractivity contribution in [2.75, 3.05) is 11.9 Å². The minimum Gasteiger partial charge on any atom is -0.354 e. The van der Waals surface area contributed by atoms with Gasteiger partial charge in [0.1, 0.15) is 12.3 Å². The second-order valence-corrected chi connectivity index (χ2v) is 12.2. The van der Waals surface area contributed by atoms with E-state index in [1.165, 1.54) is 0 Å². The monoisotopic (exact) mass is 642 g/mol. The molecule has 12 nitrogen and oxygen atoms in total. The summed E-state index contributed by atoms with van der Waals surface area (Å²) in [5, 5.41) is 27.7. The largest absolute Gasteiger partial charge is 0.441 e. The molecule has 1 aliphatic carbocycles. The molecule has 0 spiro atoms. The van der Waals surface area contributed by atoms with E-state index in [0.29, 0.717) is 42.0 Å². The van der Waals surface area contributed by atoms with Crippen molar-refractivity contribution in [2.24, 2.45) is 18.9 Å². The Morgan fingerprint density at radius 1 is 1.04 bits per heavy atom. The van der Waals surface area contributed by atoms with Crippen LogP contribution in [0.2, 0.25) is 0 Å². The number of nitrogens with zero attached hydrogens (tertiary/aromatic N) is 8. The number of hydrogen-bond acceptors (Lipinski definition) is 8. The Morgan fingerprint density at radius 3 is 2.52 bits per heavy atom. The van der Waals surface area contributed by atoms with Crippen molar-refractivity contribution in [1.82, 2.24) is 40.2 Å². The van der Waals surface area contributed by atoms with Crippen LogP contribution in [0.1, 0.15) is 55.1 Å². The van der Waals surface area contributed by atoms with Gasteiger partial charge in [-0.25, -0.2) is 14.8 Å². The molecule has 2 atom stereocenters. The van der Waals surface area contributed by atoms with E-state index in [4.69, 9.17) is 4.98 Å². The second-order valence-electron chi connectivity index (χ2n) is 12.2. The summed E-state index contributed by atoms with van der Waals surface area (Å²) >= 11 is 0. The van der Waals surface area contributed by atoms with Gasteiger partial charge in [0.2, 0.25) is 5.95 Å². The van der Waals surface area contributed by atoms with E-state index in [9.17, 15) is 10.1 Å². The summed E-state index contributed by atoms with van der Waals surface area (Å²) in [6.45, 7) is 7.06. The van der Waals surface area contributed by atoms with Gasteiger partial charge in [0.25, 0.3) is 5.82 Å². The van der Waals surface area contributed by atoms with E-state index in [-0.39, 0.29) is 11.9 Å². The molecule has 6 rings (SSSR count). The third-order valence-corrected chi connectivity index (χ3v) is 8.75. The number of aromatic amines is 1. The van der Waals surface area contributed by atoms with E-state index in [2.05, 4.69) is 48.9 Å². The fraction of sp³-hybridized carbons (Fsp3) is 0.333. The summed E-state index contributed by atoms with van der Waals surface area (Å²) in [7, 11) is 1.88. The third kappa shape index (κ3) is 7.00. The SMILES string of the molecule is CCCC1/C(=[N+](/C(=O)NCc2ccccc2)c2ccc(-c3cnn(C)c3)cn2)C1CCCNc1ncc(C#N)c(-c2c(C)n[nH]c2C)n1. The van der Waals surface area contributed by atoms with Crippen LogP contribution in [0.3, 0.4) is 0 Å². The van der Waals surface area contributed by atoms with Crippen LogP contribution >= 0.6 is 0 Å². The molecule has 2 unspecified atom stereocenters. The zero-order chi connectivity index (χ0) is 33.6. The molecule has 0 saturated heterocycles. The number of rotatable bonds is 12. The standard InChI is InChI=1S/C36H39N11O/c1-5-10-29-30(13-9-16-38-35-40-20-27(17-37)33(43-35)32-23(2)44-45-24(32)3)34(29)47(36(48)41-18-25-11-7-6-8-12-25)31-15-14-26(19-39-31)28-21-42-46(4)22-28/h6-8,11-12,14-15,19-22,29-30H,5,9-10,13,16,18H2,1-4H3,(H2-,38,40,41,43,44,45,48)/p+1/b47-34-. The minimum atomic E-state index is -0.180. The van der Waals surface area contributed by atoms with Gasteiger partial charge in [-0.3, -0.25) is 15.1 Å². The maximum atomic E-state index is 13.9. The number of hydrogen-bond donors (Lipinski definition) is 3. The Morgan fingerprint density at radius 2 is 1.85 bits per heavy atom. The van der Waals surface area contributed by atoms with E-state index in [0.717, 1.165) is 65.0 Å². The Hall–Kier alpha value is -5.70. The number of urea groups is 1. The van der Waals surface area contributed by atoms with E-state index in [1.54, 1.807) is 27.8 Å². The fourth-order valence-corrected chi connectivity index (χ4v) is 6.33. The van der Waals surface area contributed by atoms with Crippen molar-refractivity contribution < 1.29 is 9.37 Å². The normalized spacial score (nSPS) is 16.3. The Balaban J connectivity index is 1.20. The summed E-state index contributed by atoms with van der Waals surface area (Å²) in [4.78, 5) is 27.7. The number of benzene rings is 1. The molecule has 1 saturated carbocycles. The lowest BCUT2D eigenvalue weighted by Gasteiger charge is -2.08. The lowest BCUT2D eigenvalue weighted by molar-refractivity contribution is -0.337. The molecule has 0 aliphatic heterocycles. The number of pyridine rings is 1. The second kappa shape index (κ2) is 14.4. The van der Waals surface area contributed by atoms with Gasteiger partial charge in [0, 0.05) is 60.1 Å².